The van der Waals surface area contributed by atoms with Crippen LogP contribution in [0.4, 0.5) is 4.79 Å². The van der Waals surface area contributed by atoms with Crippen LogP contribution in [0.25, 0.3) is 0 Å². The molecule has 0 saturated carbocycles. The van der Waals surface area contributed by atoms with Crippen molar-refractivity contribution in [3.8, 4) is 0 Å². The summed E-state index contributed by atoms with van der Waals surface area (Å²) in [5, 5.41) is 0.530. The predicted octanol–water partition coefficient (Wildman–Crippen LogP) is 2.54. The molecular formula is C8H10Cl3N3O3S2. The zero-order chi connectivity index (χ0) is 14.6. The lowest BCUT2D eigenvalue weighted by atomic mass is 10.6. The first kappa shape index (κ1) is 16.9. The minimum atomic E-state index is -1.65. The molecular weight excluding hydrogens is 357 g/mol. The Morgan fingerprint density at radius 1 is 1.63 bits per heavy atom. The number of nitrogens with zero attached hydrogens (tertiary/aromatic N) is 2. The molecule has 1 aliphatic rings. The molecule has 1 N–H and O–H groups in total. The van der Waals surface area contributed by atoms with Crippen LogP contribution in [0.5, 0.6) is 0 Å². The third-order valence-electron chi connectivity index (χ3n) is 1.79. The summed E-state index contributed by atoms with van der Waals surface area (Å²) in [5.41, 5.74) is 2.44. The van der Waals surface area contributed by atoms with Crippen molar-refractivity contribution < 1.29 is 14.4 Å². The Bertz CT molecular complexity index is 402. The van der Waals surface area contributed by atoms with Crippen molar-refractivity contribution in [2.24, 2.45) is 0 Å². The predicted molar refractivity (Wildman–Crippen MR) is 78.6 cm³/mol. The molecule has 0 atom stereocenters. The standard InChI is InChI=1S/C8H10Cl3N3O3S2/c1-13-3-5(18-4-6(13)15)12-17-7(16)14(2)19-8(9,10)11/h3,12H,4H2,1-2H3. The highest BCUT2D eigenvalue weighted by Crippen LogP contribution is 2.40. The maximum absolute atomic E-state index is 11.5. The summed E-state index contributed by atoms with van der Waals surface area (Å²) in [4.78, 5) is 28.9. The zero-order valence-corrected chi connectivity index (χ0v) is 13.8. The Morgan fingerprint density at radius 2 is 2.26 bits per heavy atom. The minimum absolute atomic E-state index is 0.0363. The van der Waals surface area contributed by atoms with E-state index in [9.17, 15) is 9.59 Å². The minimum Gasteiger partial charge on any atom is -0.323 e. The van der Waals surface area contributed by atoms with Gasteiger partial charge in [0.15, 0.2) is 0 Å². The highest BCUT2D eigenvalue weighted by Gasteiger charge is 2.27. The molecule has 1 aliphatic heterocycles. The van der Waals surface area contributed by atoms with Gasteiger partial charge in [0.25, 0.3) is 3.12 Å². The van der Waals surface area contributed by atoms with Crippen molar-refractivity contribution in [3.05, 3.63) is 11.2 Å². The second-order valence-corrected chi connectivity index (χ2v) is 8.60. The Balaban J connectivity index is 2.42. The normalized spacial score (nSPS) is 15.9. The molecule has 11 heteroatoms. The summed E-state index contributed by atoms with van der Waals surface area (Å²) >= 11 is 18.5. The number of amides is 2. The van der Waals surface area contributed by atoms with Crippen LogP contribution < -0.4 is 5.48 Å². The molecule has 0 saturated heterocycles. The van der Waals surface area contributed by atoms with Gasteiger partial charge >= 0.3 is 6.09 Å². The van der Waals surface area contributed by atoms with Gasteiger partial charge in [-0.1, -0.05) is 46.6 Å². The molecule has 0 radical (unpaired) electrons. The molecule has 0 aliphatic carbocycles. The lowest BCUT2D eigenvalue weighted by Crippen LogP contribution is -2.33. The van der Waals surface area contributed by atoms with Crippen LogP contribution in [0.3, 0.4) is 0 Å². The van der Waals surface area contributed by atoms with E-state index in [0.717, 1.165) is 4.31 Å². The molecule has 0 aromatic rings. The highest BCUT2D eigenvalue weighted by atomic mass is 35.6. The van der Waals surface area contributed by atoms with Crippen LogP contribution in [0.2, 0.25) is 0 Å². The monoisotopic (exact) mass is 365 g/mol. The molecule has 0 fully saturated rings. The van der Waals surface area contributed by atoms with Gasteiger partial charge in [0.05, 0.1) is 5.75 Å². The molecule has 0 aromatic heterocycles. The van der Waals surface area contributed by atoms with Crippen molar-refractivity contribution in [2.45, 2.75) is 3.12 Å². The average molecular weight is 367 g/mol. The van der Waals surface area contributed by atoms with E-state index in [2.05, 4.69) is 5.48 Å². The fourth-order valence-corrected chi connectivity index (χ4v) is 3.10. The topological polar surface area (TPSA) is 61.9 Å². The van der Waals surface area contributed by atoms with E-state index in [1.54, 1.807) is 7.05 Å². The van der Waals surface area contributed by atoms with Crippen molar-refractivity contribution in [1.82, 2.24) is 14.7 Å². The van der Waals surface area contributed by atoms with Gasteiger partial charge in [-0.25, -0.2) is 14.6 Å². The number of alkyl halides is 3. The largest absolute Gasteiger partial charge is 0.444 e. The fraction of sp³-hybridized carbons (Fsp3) is 0.500. The molecule has 19 heavy (non-hydrogen) atoms. The van der Waals surface area contributed by atoms with Crippen molar-refractivity contribution in [3.63, 3.8) is 0 Å². The number of hydroxylamine groups is 1. The van der Waals surface area contributed by atoms with Crippen LogP contribution in [0.15, 0.2) is 11.2 Å². The number of hydrogen-bond acceptors (Lipinski definition) is 6. The fourth-order valence-electron chi connectivity index (χ4n) is 0.933. The molecule has 0 spiro atoms. The molecule has 1 rings (SSSR count). The van der Waals surface area contributed by atoms with Gasteiger partial charge in [-0.05, 0) is 0 Å². The molecule has 2 amide bonds. The summed E-state index contributed by atoms with van der Waals surface area (Å²) < 4.78 is -0.623. The van der Waals surface area contributed by atoms with Crippen molar-refractivity contribution >= 4 is 70.5 Å². The summed E-state index contributed by atoms with van der Waals surface area (Å²) in [6.07, 6.45) is 0.781. The van der Waals surface area contributed by atoms with E-state index in [1.165, 1.54) is 29.9 Å². The number of thioether (sulfide) groups is 1. The molecule has 108 valence electrons. The van der Waals surface area contributed by atoms with Crippen LogP contribution in [-0.2, 0) is 9.63 Å². The molecule has 6 nitrogen and oxygen atoms in total. The first-order chi connectivity index (χ1) is 8.69. The summed E-state index contributed by atoms with van der Waals surface area (Å²) in [6, 6.07) is 0. The lowest BCUT2D eigenvalue weighted by Gasteiger charge is -2.22. The first-order valence-electron chi connectivity index (χ1n) is 4.76. The SMILES string of the molecule is CN1C=C(NOC(=O)N(C)SC(Cl)(Cl)Cl)SCC1=O. The number of rotatable bonds is 3. The Hall–Kier alpha value is -0.150. The maximum atomic E-state index is 11.5. The number of carbonyl (C=O) groups is 2. The molecule has 0 bridgehead atoms. The van der Waals surface area contributed by atoms with E-state index < -0.39 is 9.22 Å². The number of nitrogens with one attached hydrogen (secondary N) is 1. The highest BCUT2D eigenvalue weighted by molar-refractivity contribution is 8.03. The summed E-state index contributed by atoms with van der Waals surface area (Å²) in [5.74, 6) is 0.233. The zero-order valence-electron chi connectivity index (χ0n) is 9.85. The van der Waals surface area contributed by atoms with E-state index >= 15 is 0 Å². The van der Waals surface area contributed by atoms with Crippen molar-refractivity contribution in [2.75, 3.05) is 19.8 Å². The third kappa shape index (κ3) is 6.22. The van der Waals surface area contributed by atoms with Gasteiger partial charge in [0.2, 0.25) is 5.91 Å². The van der Waals surface area contributed by atoms with Gasteiger partial charge in [0.1, 0.15) is 5.03 Å². The van der Waals surface area contributed by atoms with Gasteiger partial charge in [-0.3, -0.25) is 4.79 Å². The van der Waals surface area contributed by atoms with Gasteiger partial charge < -0.3 is 9.74 Å². The average Bonchev–Trinajstić information content (AvgIpc) is 2.28. The lowest BCUT2D eigenvalue weighted by molar-refractivity contribution is -0.125. The van der Waals surface area contributed by atoms with Gasteiger partial charge in [0, 0.05) is 32.2 Å². The van der Waals surface area contributed by atoms with Crippen LogP contribution in [0.1, 0.15) is 0 Å². The van der Waals surface area contributed by atoms with Crippen LogP contribution in [-0.4, -0.2) is 44.2 Å². The second-order valence-electron chi connectivity index (χ2n) is 3.29. The van der Waals surface area contributed by atoms with Gasteiger partial charge in [-0.2, -0.15) is 0 Å². The van der Waals surface area contributed by atoms with Crippen LogP contribution in [0, 0.1) is 0 Å². The Labute approximate surface area is 133 Å². The van der Waals surface area contributed by atoms with E-state index in [1.807, 2.05) is 0 Å². The number of halogens is 3. The Morgan fingerprint density at radius 3 is 2.79 bits per heavy atom. The summed E-state index contributed by atoms with van der Waals surface area (Å²) in [7, 11) is 3.00. The number of hydrogen-bond donors (Lipinski definition) is 1. The molecule has 1 heterocycles. The van der Waals surface area contributed by atoms with E-state index in [0.29, 0.717) is 17.0 Å². The second kappa shape index (κ2) is 7.03. The van der Waals surface area contributed by atoms with Gasteiger partial charge in [-0.15, -0.1) is 0 Å². The van der Waals surface area contributed by atoms with E-state index in [4.69, 9.17) is 39.6 Å². The van der Waals surface area contributed by atoms with Crippen LogP contribution >= 0.6 is 58.5 Å². The van der Waals surface area contributed by atoms with Crippen molar-refractivity contribution in [1.29, 1.82) is 0 Å². The quantitative estimate of drug-likeness (QED) is 0.470. The third-order valence-corrected chi connectivity index (χ3v) is 3.93. The molecule has 0 unspecified atom stereocenters. The number of carbonyl (C=O) groups excluding carboxylic acids is 2. The first-order valence-corrected chi connectivity index (χ1v) is 7.65. The van der Waals surface area contributed by atoms with E-state index in [-0.39, 0.29) is 11.7 Å². The smallest absolute Gasteiger partial charge is 0.323 e. The maximum Gasteiger partial charge on any atom is 0.444 e. The molecule has 0 aromatic carbocycles. The Kier molecular flexibility index (Phi) is 6.25. The summed E-state index contributed by atoms with van der Waals surface area (Å²) in [6.45, 7) is 0.